The van der Waals surface area contributed by atoms with Crippen LogP contribution in [0.2, 0.25) is 0 Å². The molecule has 1 aliphatic carbocycles. The van der Waals surface area contributed by atoms with Crippen molar-refractivity contribution in [2.45, 2.75) is 44.7 Å². The van der Waals surface area contributed by atoms with Gasteiger partial charge in [0.05, 0.1) is 5.75 Å². The molecule has 2 aromatic rings. The van der Waals surface area contributed by atoms with E-state index >= 15 is 0 Å². The number of thioether (sulfide) groups is 1. The van der Waals surface area contributed by atoms with Crippen LogP contribution in [0.3, 0.4) is 0 Å². The Morgan fingerprint density at radius 3 is 2.85 bits per heavy atom. The minimum Gasteiger partial charge on any atom is -0.316 e. The normalized spacial score (nSPS) is 14.2. The fourth-order valence-electron chi connectivity index (χ4n) is 3.29. The second-order valence-electron chi connectivity index (χ2n) is 6.60. The Bertz CT molecular complexity index is 812. The van der Waals surface area contributed by atoms with Crippen molar-refractivity contribution < 1.29 is 4.79 Å². The number of amides is 1. The number of hydrogen-bond acceptors (Lipinski definition) is 4. The fraction of sp³-hybridized carbons (Fsp3) is 0.450. The topological polar surface area (TPSA) is 51.0 Å². The van der Waals surface area contributed by atoms with Crippen LogP contribution in [0.15, 0.2) is 41.2 Å². The standard InChI is InChI=1S/C20H26N4OS/c1-4-24(17-11-6-5-7-12-17)18(25)14-26-20-22-21-19(23(20)3)16-10-8-9-15(2)13-16/h8-11,13H,4-7,12,14H2,1-3H3. The molecule has 0 saturated carbocycles. The lowest BCUT2D eigenvalue weighted by Gasteiger charge is -2.26. The van der Waals surface area contributed by atoms with Crippen LogP contribution in [-0.2, 0) is 11.8 Å². The van der Waals surface area contributed by atoms with Gasteiger partial charge in [-0.3, -0.25) is 4.79 Å². The zero-order valence-corrected chi connectivity index (χ0v) is 16.6. The molecule has 0 spiro atoms. The van der Waals surface area contributed by atoms with E-state index in [9.17, 15) is 4.79 Å². The lowest BCUT2D eigenvalue weighted by molar-refractivity contribution is -0.126. The van der Waals surface area contributed by atoms with Gasteiger partial charge in [0, 0.05) is 24.9 Å². The third kappa shape index (κ3) is 4.18. The summed E-state index contributed by atoms with van der Waals surface area (Å²) in [5.74, 6) is 1.35. The Kier molecular flexibility index (Phi) is 6.14. The highest BCUT2D eigenvalue weighted by Crippen LogP contribution is 2.25. The number of nitrogens with zero attached hydrogens (tertiary/aromatic N) is 4. The highest BCUT2D eigenvalue weighted by Gasteiger charge is 2.19. The maximum atomic E-state index is 12.7. The van der Waals surface area contributed by atoms with E-state index in [1.165, 1.54) is 35.9 Å². The van der Waals surface area contributed by atoms with Crippen LogP contribution in [0.5, 0.6) is 0 Å². The summed E-state index contributed by atoms with van der Waals surface area (Å²) in [5, 5.41) is 9.36. The van der Waals surface area contributed by atoms with E-state index < -0.39 is 0 Å². The molecular formula is C20H26N4OS. The largest absolute Gasteiger partial charge is 0.316 e. The lowest BCUT2D eigenvalue weighted by atomic mass is 10.0. The van der Waals surface area contributed by atoms with E-state index in [0.717, 1.165) is 35.9 Å². The zero-order chi connectivity index (χ0) is 18.5. The molecule has 0 aliphatic heterocycles. The molecule has 0 saturated heterocycles. The number of carbonyl (C=O) groups excluding carboxylic acids is 1. The SMILES string of the molecule is CCN(C(=O)CSc1nnc(-c2cccc(C)c2)n1C)C1=CCCCC1. The first kappa shape index (κ1) is 18.7. The van der Waals surface area contributed by atoms with E-state index in [1.54, 1.807) is 0 Å². The second kappa shape index (κ2) is 8.54. The number of aromatic nitrogens is 3. The van der Waals surface area contributed by atoms with Crippen molar-refractivity contribution in [3.63, 3.8) is 0 Å². The third-order valence-corrected chi connectivity index (χ3v) is 5.67. The Morgan fingerprint density at radius 2 is 2.15 bits per heavy atom. The van der Waals surface area contributed by atoms with Gasteiger partial charge in [-0.15, -0.1) is 10.2 Å². The Balaban J connectivity index is 1.68. The third-order valence-electron chi connectivity index (χ3n) is 4.67. The van der Waals surface area contributed by atoms with Crippen LogP contribution in [0.1, 0.15) is 38.2 Å². The lowest BCUT2D eigenvalue weighted by Crippen LogP contribution is -2.32. The van der Waals surface area contributed by atoms with Gasteiger partial charge < -0.3 is 9.47 Å². The van der Waals surface area contributed by atoms with Crippen molar-refractivity contribution in [3.8, 4) is 11.4 Å². The Labute approximate surface area is 159 Å². The van der Waals surface area contributed by atoms with Crippen LogP contribution >= 0.6 is 11.8 Å². The predicted octanol–water partition coefficient (Wildman–Crippen LogP) is 4.19. The molecule has 1 amide bonds. The van der Waals surface area contributed by atoms with Gasteiger partial charge in [-0.2, -0.15) is 0 Å². The van der Waals surface area contributed by atoms with Crippen LogP contribution in [-0.4, -0.2) is 37.9 Å². The molecule has 0 radical (unpaired) electrons. The van der Waals surface area contributed by atoms with Crippen molar-refractivity contribution in [2.75, 3.05) is 12.3 Å². The van der Waals surface area contributed by atoms with Crippen molar-refractivity contribution >= 4 is 17.7 Å². The summed E-state index contributed by atoms with van der Waals surface area (Å²) in [6.45, 7) is 4.82. The molecular weight excluding hydrogens is 344 g/mol. The minimum absolute atomic E-state index is 0.144. The molecule has 1 aliphatic rings. The Morgan fingerprint density at radius 1 is 1.31 bits per heavy atom. The average Bonchev–Trinajstić information content (AvgIpc) is 3.02. The van der Waals surface area contributed by atoms with E-state index in [4.69, 9.17) is 0 Å². The molecule has 3 rings (SSSR count). The number of hydrogen-bond donors (Lipinski definition) is 0. The molecule has 6 heteroatoms. The van der Waals surface area contributed by atoms with Gasteiger partial charge in [0.1, 0.15) is 0 Å². The van der Waals surface area contributed by atoms with Gasteiger partial charge in [0.15, 0.2) is 11.0 Å². The summed E-state index contributed by atoms with van der Waals surface area (Å²) < 4.78 is 1.96. The highest BCUT2D eigenvalue weighted by molar-refractivity contribution is 7.99. The smallest absolute Gasteiger partial charge is 0.237 e. The van der Waals surface area contributed by atoms with E-state index in [0.29, 0.717) is 5.75 Å². The average molecular weight is 371 g/mol. The van der Waals surface area contributed by atoms with Crippen LogP contribution in [0.4, 0.5) is 0 Å². The molecule has 138 valence electrons. The van der Waals surface area contributed by atoms with Crippen molar-refractivity contribution in [1.29, 1.82) is 0 Å². The van der Waals surface area contributed by atoms with Crippen LogP contribution in [0.25, 0.3) is 11.4 Å². The summed E-state index contributed by atoms with van der Waals surface area (Å²) in [5.41, 5.74) is 3.41. The van der Waals surface area contributed by atoms with Crippen LogP contribution < -0.4 is 0 Å². The van der Waals surface area contributed by atoms with Crippen molar-refractivity contribution in [1.82, 2.24) is 19.7 Å². The van der Waals surface area contributed by atoms with Gasteiger partial charge in [-0.25, -0.2) is 0 Å². The molecule has 1 aromatic carbocycles. The molecule has 1 aromatic heterocycles. The zero-order valence-electron chi connectivity index (χ0n) is 15.7. The monoisotopic (exact) mass is 370 g/mol. The molecule has 0 N–H and O–H groups in total. The van der Waals surface area contributed by atoms with Gasteiger partial charge in [0.2, 0.25) is 5.91 Å². The predicted molar refractivity (Wildman–Crippen MR) is 106 cm³/mol. The molecule has 5 nitrogen and oxygen atoms in total. The number of aryl methyl sites for hydroxylation is 1. The summed E-state index contributed by atoms with van der Waals surface area (Å²) in [6.07, 6.45) is 6.70. The first-order chi connectivity index (χ1) is 12.6. The highest BCUT2D eigenvalue weighted by atomic mass is 32.2. The van der Waals surface area contributed by atoms with E-state index in [-0.39, 0.29) is 5.91 Å². The Hall–Kier alpha value is -2.08. The maximum Gasteiger partial charge on any atom is 0.237 e. The van der Waals surface area contributed by atoms with Crippen LogP contribution in [0, 0.1) is 6.92 Å². The van der Waals surface area contributed by atoms with Gasteiger partial charge in [-0.1, -0.05) is 41.6 Å². The molecule has 1 heterocycles. The number of benzene rings is 1. The summed E-state index contributed by atoms with van der Waals surface area (Å²) in [6, 6.07) is 8.21. The number of allylic oxidation sites excluding steroid dienone is 2. The summed E-state index contributed by atoms with van der Waals surface area (Å²) in [4.78, 5) is 14.6. The fourth-order valence-corrected chi connectivity index (χ4v) is 4.07. The van der Waals surface area contributed by atoms with Gasteiger partial charge in [-0.05, 0) is 45.6 Å². The summed E-state index contributed by atoms with van der Waals surface area (Å²) in [7, 11) is 1.95. The second-order valence-corrected chi connectivity index (χ2v) is 7.55. The molecule has 26 heavy (non-hydrogen) atoms. The summed E-state index contributed by atoms with van der Waals surface area (Å²) >= 11 is 1.45. The van der Waals surface area contributed by atoms with Crippen molar-refractivity contribution in [3.05, 3.63) is 41.6 Å². The number of carbonyl (C=O) groups is 1. The number of rotatable bonds is 6. The maximum absolute atomic E-state index is 12.7. The quantitative estimate of drug-likeness (QED) is 0.716. The van der Waals surface area contributed by atoms with Crippen molar-refractivity contribution in [2.24, 2.45) is 7.05 Å². The first-order valence-corrected chi connectivity index (χ1v) is 10.2. The van der Waals surface area contributed by atoms with Gasteiger partial charge >= 0.3 is 0 Å². The molecule has 0 atom stereocenters. The first-order valence-electron chi connectivity index (χ1n) is 9.18. The minimum atomic E-state index is 0.144. The molecule has 0 unspecified atom stereocenters. The van der Waals surface area contributed by atoms with Gasteiger partial charge in [0.25, 0.3) is 0 Å². The van der Waals surface area contributed by atoms with E-state index in [1.807, 2.05) is 35.6 Å². The molecule has 0 bridgehead atoms. The van der Waals surface area contributed by atoms with E-state index in [2.05, 4.69) is 35.3 Å². The molecule has 0 fully saturated rings.